The monoisotopic (exact) mass is 420 g/mol. The summed E-state index contributed by atoms with van der Waals surface area (Å²) in [7, 11) is 3.26. The second-order valence-corrected chi connectivity index (χ2v) is 7.45. The van der Waals surface area contributed by atoms with Gasteiger partial charge in [0.2, 0.25) is 0 Å². The summed E-state index contributed by atoms with van der Waals surface area (Å²) < 4.78 is 12.2. The molecule has 0 atom stereocenters. The van der Waals surface area contributed by atoms with Gasteiger partial charge in [-0.3, -0.25) is 9.36 Å². The molecule has 0 saturated carbocycles. The highest BCUT2D eigenvalue weighted by atomic mass is 32.2. The van der Waals surface area contributed by atoms with Crippen LogP contribution in [0.3, 0.4) is 0 Å². The van der Waals surface area contributed by atoms with Gasteiger partial charge in [-0.25, -0.2) is 15.0 Å². The van der Waals surface area contributed by atoms with Gasteiger partial charge in [-0.1, -0.05) is 36.0 Å². The summed E-state index contributed by atoms with van der Waals surface area (Å²) in [6.07, 6.45) is 3.05. The Morgan fingerprint density at radius 1 is 0.933 bits per heavy atom. The highest BCUT2D eigenvalue weighted by Crippen LogP contribution is 2.24. The molecule has 0 fully saturated rings. The van der Waals surface area contributed by atoms with Gasteiger partial charge in [-0.05, 0) is 35.4 Å². The molecule has 8 heteroatoms. The molecule has 4 rings (SSSR count). The Morgan fingerprint density at radius 3 is 2.47 bits per heavy atom. The fraction of sp³-hybridized carbons (Fsp3) is 0.182. The maximum atomic E-state index is 13.2. The third-order valence-electron chi connectivity index (χ3n) is 4.56. The quantitative estimate of drug-likeness (QED) is 0.334. The molecule has 152 valence electrons. The Balaban J connectivity index is 1.70. The zero-order valence-corrected chi connectivity index (χ0v) is 17.4. The van der Waals surface area contributed by atoms with Crippen molar-refractivity contribution in [2.24, 2.45) is 0 Å². The summed E-state index contributed by atoms with van der Waals surface area (Å²) >= 11 is 1.48. The summed E-state index contributed by atoms with van der Waals surface area (Å²) in [5.41, 5.74) is 2.44. The maximum absolute atomic E-state index is 13.2. The smallest absolute Gasteiger partial charge is 0.282 e. The van der Waals surface area contributed by atoms with Crippen molar-refractivity contribution >= 4 is 22.9 Å². The van der Waals surface area contributed by atoms with Crippen LogP contribution < -0.4 is 15.0 Å². The minimum atomic E-state index is -0.211. The van der Waals surface area contributed by atoms with Crippen LogP contribution in [0.1, 0.15) is 11.1 Å². The van der Waals surface area contributed by atoms with Gasteiger partial charge in [-0.2, -0.15) is 0 Å². The van der Waals surface area contributed by atoms with E-state index in [4.69, 9.17) is 9.47 Å². The lowest BCUT2D eigenvalue weighted by molar-refractivity contribution is 0.414. The van der Waals surface area contributed by atoms with Crippen molar-refractivity contribution in [3.8, 4) is 11.5 Å². The van der Waals surface area contributed by atoms with E-state index in [-0.39, 0.29) is 11.1 Å². The number of fused-ring (bicyclic) bond motifs is 1. The molecule has 0 spiro atoms. The zero-order chi connectivity index (χ0) is 20.9. The van der Waals surface area contributed by atoms with E-state index in [9.17, 15) is 4.79 Å². The van der Waals surface area contributed by atoms with Crippen LogP contribution in [0, 0.1) is 0 Å². The lowest BCUT2D eigenvalue weighted by Crippen LogP contribution is -2.25. The number of thioether (sulfide) groups is 1. The van der Waals surface area contributed by atoms with Crippen LogP contribution in [0.2, 0.25) is 0 Å². The number of hydrogen-bond donors (Lipinski definition) is 0. The van der Waals surface area contributed by atoms with Gasteiger partial charge in [0, 0.05) is 18.1 Å². The third-order valence-corrected chi connectivity index (χ3v) is 5.61. The number of rotatable bonds is 7. The van der Waals surface area contributed by atoms with E-state index in [0.29, 0.717) is 23.1 Å². The predicted molar refractivity (Wildman–Crippen MR) is 116 cm³/mol. The Labute approximate surface area is 177 Å². The third kappa shape index (κ3) is 4.28. The molecule has 2 aromatic carbocycles. The van der Waals surface area contributed by atoms with Crippen molar-refractivity contribution in [2.75, 3.05) is 14.2 Å². The Morgan fingerprint density at radius 2 is 1.70 bits per heavy atom. The molecule has 4 aromatic rings. The van der Waals surface area contributed by atoms with Crippen LogP contribution in [-0.2, 0) is 12.3 Å². The SMILES string of the molecule is COc1ccc(Cn2c(SCc3cccc(OC)c3)nc3nccnc3c2=O)cc1. The normalized spacial score (nSPS) is 10.9. The van der Waals surface area contributed by atoms with E-state index in [1.165, 1.54) is 18.0 Å². The zero-order valence-electron chi connectivity index (χ0n) is 16.6. The molecule has 0 aliphatic heterocycles. The average molecular weight is 420 g/mol. The Kier molecular flexibility index (Phi) is 5.94. The summed E-state index contributed by atoms with van der Waals surface area (Å²) in [6, 6.07) is 15.4. The molecule has 30 heavy (non-hydrogen) atoms. The first-order chi connectivity index (χ1) is 14.7. The van der Waals surface area contributed by atoms with Crippen LogP contribution in [0.4, 0.5) is 0 Å². The van der Waals surface area contributed by atoms with Gasteiger partial charge >= 0.3 is 0 Å². The van der Waals surface area contributed by atoms with E-state index in [1.54, 1.807) is 25.0 Å². The van der Waals surface area contributed by atoms with Crippen LogP contribution in [0.15, 0.2) is 70.9 Å². The molecule has 2 aromatic heterocycles. The first-order valence-electron chi connectivity index (χ1n) is 9.28. The van der Waals surface area contributed by atoms with Crippen LogP contribution in [-0.4, -0.2) is 33.7 Å². The van der Waals surface area contributed by atoms with Crippen molar-refractivity contribution in [1.29, 1.82) is 0 Å². The van der Waals surface area contributed by atoms with Crippen molar-refractivity contribution in [1.82, 2.24) is 19.5 Å². The molecule has 7 nitrogen and oxygen atoms in total. The standard InChI is InChI=1S/C22H20N4O3S/c1-28-17-8-6-15(7-9-17)13-26-21(27)19-20(24-11-10-23-19)25-22(26)30-14-16-4-3-5-18(12-16)29-2/h3-12H,13-14H2,1-2H3. The number of methoxy groups -OCH3 is 2. The highest BCUT2D eigenvalue weighted by molar-refractivity contribution is 7.98. The lowest BCUT2D eigenvalue weighted by atomic mass is 10.2. The average Bonchev–Trinajstić information content (AvgIpc) is 2.80. The maximum Gasteiger partial charge on any atom is 0.282 e. The van der Waals surface area contributed by atoms with E-state index >= 15 is 0 Å². The molecular weight excluding hydrogens is 400 g/mol. The first-order valence-corrected chi connectivity index (χ1v) is 10.3. The second kappa shape index (κ2) is 8.96. The fourth-order valence-corrected chi connectivity index (χ4v) is 3.93. The van der Waals surface area contributed by atoms with E-state index in [0.717, 1.165) is 22.6 Å². The molecule has 0 radical (unpaired) electrons. The Hall–Kier alpha value is -3.39. The van der Waals surface area contributed by atoms with Crippen molar-refractivity contribution in [3.05, 3.63) is 82.4 Å². The molecule has 0 amide bonds. The van der Waals surface area contributed by atoms with Gasteiger partial charge in [0.15, 0.2) is 16.3 Å². The summed E-state index contributed by atoms with van der Waals surface area (Å²) in [6.45, 7) is 0.378. The molecule has 2 heterocycles. The predicted octanol–water partition coefficient (Wildman–Crippen LogP) is 3.54. The van der Waals surface area contributed by atoms with Crippen LogP contribution in [0.25, 0.3) is 11.2 Å². The molecule has 0 saturated heterocycles. The summed E-state index contributed by atoms with van der Waals surface area (Å²) in [5.74, 6) is 2.19. The van der Waals surface area contributed by atoms with Crippen LogP contribution in [0.5, 0.6) is 11.5 Å². The van der Waals surface area contributed by atoms with Crippen molar-refractivity contribution < 1.29 is 9.47 Å². The minimum Gasteiger partial charge on any atom is -0.497 e. The molecule has 0 aliphatic rings. The first kappa shape index (κ1) is 19.9. The molecule has 0 N–H and O–H groups in total. The number of hydrogen-bond acceptors (Lipinski definition) is 7. The molecule has 0 aliphatic carbocycles. The molecular formula is C22H20N4O3S. The van der Waals surface area contributed by atoms with Gasteiger partial charge in [-0.15, -0.1) is 0 Å². The van der Waals surface area contributed by atoms with Gasteiger partial charge in [0.1, 0.15) is 11.5 Å². The van der Waals surface area contributed by atoms with Gasteiger partial charge < -0.3 is 9.47 Å². The summed E-state index contributed by atoms with van der Waals surface area (Å²) in [4.78, 5) is 26.2. The number of benzene rings is 2. The topological polar surface area (TPSA) is 79.1 Å². The van der Waals surface area contributed by atoms with Gasteiger partial charge in [0.05, 0.1) is 20.8 Å². The number of nitrogens with zero attached hydrogens (tertiary/aromatic N) is 4. The van der Waals surface area contributed by atoms with Crippen molar-refractivity contribution in [3.63, 3.8) is 0 Å². The molecule has 0 unspecified atom stereocenters. The van der Waals surface area contributed by atoms with E-state index in [2.05, 4.69) is 15.0 Å². The fourth-order valence-electron chi connectivity index (χ4n) is 3.00. The van der Waals surface area contributed by atoms with Crippen LogP contribution >= 0.6 is 11.8 Å². The highest BCUT2D eigenvalue weighted by Gasteiger charge is 2.14. The number of ether oxygens (including phenoxy) is 2. The van der Waals surface area contributed by atoms with Gasteiger partial charge in [0.25, 0.3) is 5.56 Å². The lowest BCUT2D eigenvalue weighted by Gasteiger charge is -2.13. The van der Waals surface area contributed by atoms with E-state index < -0.39 is 0 Å². The molecule has 0 bridgehead atoms. The van der Waals surface area contributed by atoms with Crippen molar-refractivity contribution in [2.45, 2.75) is 17.5 Å². The van der Waals surface area contributed by atoms with E-state index in [1.807, 2.05) is 48.5 Å². The number of aromatic nitrogens is 4. The summed E-state index contributed by atoms with van der Waals surface area (Å²) in [5, 5.41) is 0.589. The largest absolute Gasteiger partial charge is 0.497 e. The second-order valence-electron chi connectivity index (χ2n) is 6.50. The Bertz CT molecular complexity index is 1230. The minimum absolute atomic E-state index is 0.211.